The lowest BCUT2D eigenvalue weighted by Crippen LogP contribution is -2.09. The highest BCUT2D eigenvalue weighted by Gasteiger charge is 2.20. The van der Waals surface area contributed by atoms with Crippen molar-refractivity contribution < 1.29 is 8.83 Å². The van der Waals surface area contributed by atoms with Crippen LogP contribution in [0.25, 0.3) is 155 Å². The number of anilines is 6. The van der Waals surface area contributed by atoms with Crippen molar-refractivity contribution in [1.82, 2.24) is 0 Å². The summed E-state index contributed by atoms with van der Waals surface area (Å²) in [4.78, 5) is 4.66. The van der Waals surface area contributed by atoms with E-state index in [0.29, 0.717) is 0 Å². The lowest BCUT2D eigenvalue weighted by atomic mass is 9.97. The van der Waals surface area contributed by atoms with Gasteiger partial charge in [-0.05, 0) is 191 Å². The molecule has 4 nitrogen and oxygen atoms in total. The topological polar surface area (TPSA) is 32.8 Å². The molecule has 0 spiro atoms. The van der Waals surface area contributed by atoms with E-state index in [0.717, 1.165) is 111 Å². The van der Waals surface area contributed by atoms with Crippen molar-refractivity contribution in [1.29, 1.82) is 0 Å². The van der Waals surface area contributed by atoms with Gasteiger partial charge in [0.15, 0.2) is 0 Å². The standard InChI is InChI=1S/C60H41NO.C48H33NO/c1-3-11-42(12-4-1)44-21-25-46(26-22-44)48-29-35-53(36-30-48)61(54-37-31-49(32-38-54)47-27-23-45(24-28-47)43-13-5-2-6-14-43)55-39-33-50(34-40-55)51-15-9-16-52(41-51)56-18-10-19-58-57-17-7-8-20-59(57)62-60(56)58;1-3-10-34(11-4-1)37-22-28-41(29-23-37)49(42-30-24-38(25-31-42)35-12-5-2-6-13-35)43-32-26-39(27-33-43)36-18-20-40(21-19-36)44-15-9-16-46-45-14-7-8-17-47(45)50-48(44)46/h1-41H;1-33H. The van der Waals surface area contributed by atoms with Crippen LogP contribution in [0, 0.1) is 0 Å². The Bertz CT molecular complexity index is 6410. The van der Waals surface area contributed by atoms with E-state index < -0.39 is 0 Å². The maximum absolute atomic E-state index is 6.41. The molecule has 4 heteroatoms. The number of para-hydroxylation sites is 4. The van der Waals surface area contributed by atoms with Gasteiger partial charge in [0.25, 0.3) is 0 Å². The molecule has 20 aromatic rings. The number of benzene rings is 18. The molecule has 0 unspecified atom stereocenters. The van der Waals surface area contributed by atoms with Crippen molar-refractivity contribution in [2.75, 3.05) is 9.80 Å². The van der Waals surface area contributed by atoms with Crippen molar-refractivity contribution >= 4 is 78.0 Å². The Morgan fingerprint density at radius 3 is 0.625 bits per heavy atom. The highest BCUT2D eigenvalue weighted by molar-refractivity contribution is 6.11. The van der Waals surface area contributed by atoms with Gasteiger partial charge in [0.1, 0.15) is 22.3 Å². The van der Waals surface area contributed by atoms with Gasteiger partial charge in [-0.1, -0.05) is 358 Å². The normalized spacial score (nSPS) is 11.2. The fourth-order valence-corrected chi connectivity index (χ4v) is 15.6. The second-order valence-electron chi connectivity index (χ2n) is 28.3. The van der Waals surface area contributed by atoms with Crippen LogP contribution in [-0.4, -0.2) is 0 Å². The van der Waals surface area contributed by atoms with Crippen LogP contribution >= 0.6 is 0 Å². The zero-order valence-electron chi connectivity index (χ0n) is 61.4. The fraction of sp³-hybridized carbons (Fsp3) is 0. The molecule has 2 heterocycles. The van der Waals surface area contributed by atoms with Crippen molar-refractivity contribution in [3.63, 3.8) is 0 Å². The van der Waals surface area contributed by atoms with Gasteiger partial charge in [0.2, 0.25) is 0 Å². The Morgan fingerprint density at radius 2 is 0.330 bits per heavy atom. The minimum Gasteiger partial charge on any atom is -0.455 e. The van der Waals surface area contributed by atoms with Crippen LogP contribution in [0.4, 0.5) is 34.1 Å². The minimum absolute atomic E-state index is 0.908. The summed E-state index contributed by atoms with van der Waals surface area (Å²) < 4.78 is 12.7. The molecule has 0 saturated carbocycles. The third-order valence-corrected chi connectivity index (χ3v) is 21.5. The second kappa shape index (κ2) is 30.4. The van der Waals surface area contributed by atoms with E-state index >= 15 is 0 Å². The summed E-state index contributed by atoms with van der Waals surface area (Å²) in [5, 5.41) is 4.57. The smallest absolute Gasteiger partial charge is 0.143 e. The van der Waals surface area contributed by atoms with E-state index in [-0.39, 0.29) is 0 Å². The zero-order chi connectivity index (χ0) is 74.5. The first-order chi connectivity index (χ1) is 55.5. The maximum Gasteiger partial charge on any atom is 0.143 e. The minimum atomic E-state index is 0.908. The first kappa shape index (κ1) is 67.7. The number of fused-ring (bicyclic) bond motifs is 6. The van der Waals surface area contributed by atoms with Crippen molar-refractivity contribution in [3.8, 4) is 111 Å². The van der Waals surface area contributed by atoms with Crippen molar-refractivity contribution in [2.45, 2.75) is 0 Å². The second-order valence-corrected chi connectivity index (χ2v) is 28.3. The summed E-state index contributed by atoms with van der Waals surface area (Å²) in [5.74, 6) is 0. The van der Waals surface area contributed by atoms with E-state index in [1.54, 1.807) is 0 Å². The fourth-order valence-electron chi connectivity index (χ4n) is 15.6. The summed E-state index contributed by atoms with van der Waals surface area (Å²) in [7, 11) is 0. The van der Waals surface area contributed by atoms with Gasteiger partial charge in [-0.2, -0.15) is 0 Å². The molecule has 528 valence electrons. The zero-order valence-corrected chi connectivity index (χ0v) is 61.4. The quantitative estimate of drug-likeness (QED) is 0.0965. The maximum atomic E-state index is 6.41. The molecule has 0 radical (unpaired) electrons. The van der Waals surface area contributed by atoms with Crippen molar-refractivity contribution in [3.05, 3.63) is 449 Å². The molecular weight excluding hydrogens is 1360 g/mol. The van der Waals surface area contributed by atoms with Gasteiger partial charge < -0.3 is 18.6 Å². The Hall–Kier alpha value is -14.8. The van der Waals surface area contributed by atoms with E-state index in [2.05, 4.69) is 434 Å². The van der Waals surface area contributed by atoms with E-state index in [4.69, 9.17) is 8.83 Å². The Kier molecular flexibility index (Phi) is 18.4. The lowest BCUT2D eigenvalue weighted by Gasteiger charge is -2.26. The van der Waals surface area contributed by atoms with Gasteiger partial charge in [0, 0.05) is 66.8 Å². The Morgan fingerprint density at radius 1 is 0.134 bits per heavy atom. The van der Waals surface area contributed by atoms with Crippen LogP contribution in [0.1, 0.15) is 0 Å². The summed E-state index contributed by atoms with van der Waals surface area (Å²) in [6.45, 7) is 0. The molecule has 0 amide bonds. The largest absolute Gasteiger partial charge is 0.455 e. The van der Waals surface area contributed by atoms with E-state index in [1.165, 1.54) is 77.9 Å². The monoisotopic (exact) mass is 1430 g/mol. The van der Waals surface area contributed by atoms with Crippen LogP contribution in [0.3, 0.4) is 0 Å². The Labute approximate surface area is 652 Å². The summed E-state index contributed by atoms with van der Waals surface area (Å²) in [5.41, 5.74) is 33.8. The van der Waals surface area contributed by atoms with Gasteiger partial charge in [-0.25, -0.2) is 0 Å². The molecule has 0 aliphatic carbocycles. The molecule has 0 fully saturated rings. The number of furan rings is 2. The van der Waals surface area contributed by atoms with Crippen LogP contribution in [0.2, 0.25) is 0 Å². The third-order valence-electron chi connectivity index (χ3n) is 21.5. The Balaban J connectivity index is 0.000000154. The number of hydrogen-bond acceptors (Lipinski definition) is 4. The molecular formula is C108H74N2O2. The third kappa shape index (κ3) is 13.8. The van der Waals surface area contributed by atoms with Crippen LogP contribution in [0.15, 0.2) is 458 Å². The SMILES string of the molecule is c1ccc(-c2ccc(-c3ccc(N(c4ccc(-c5ccc(-c6ccccc6)cc5)cc4)c4ccc(-c5cccc(-c6cccc7c6oc6ccccc67)c5)cc4)cc3)cc2)cc1.c1ccc(-c2ccc(N(c3ccc(-c4ccccc4)cc3)c3ccc(-c4ccc(-c5cccc6c5oc5ccccc56)cc4)cc3)cc2)cc1. The van der Waals surface area contributed by atoms with Crippen LogP contribution in [-0.2, 0) is 0 Å². The van der Waals surface area contributed by atoms with Gasteiger partial charge in [-0.15, -0.1) is 0 Å². The highest BCUT2D eigenvalue weighted by atomic mass is 16.3. The predicted octanol–water partition coefficient (Wildman–Crippen LogP) is 30.8. The van der Waals surface area contributed by atoms with Crippen LogP contribution < -0.4 is 9.80 Å². The summed E-state index contributed by atoms with van der Waals surface area (Å²) in [6.07, 6.45) is 0. The van der Waals surface area contributed by atoms with E-state index in [1.807, 2.05) is 24.3 Å². The molecule has 2 aromatic heterocycles. The molecule has 112 heavy (non-hydrogen) atoms. The number of rotatable bonds is 16. The van der Waals surface area contributed by atoms with Gasteiger partial charge >= 0.3 is 0 Å². The molecule has 18 aromatic carbocycles. The average molecular weight is 1430 g/mol. The molecule has 0 atom stereocenters. The molecule has 20 rings (SSSR count). The lowest BCUT2D eigenvalue weighted by molar-refractivity contribution is 0.669. The van der Waals surface area contributed by atoms with Gasteiger partial charge in [0.05, 0.1) is 0 Å². The first-order valence-corrected chi connectivity index (χ1v) is 38.2. The molecule has 0 aliphatic rings. The molecule has 0 aliphatic heterocycles. The highest BCUT2D eigenvalue weighted by Crippen LogP contribution is 2.44. The molecule has 0 N–H and O–H groups in total. The van der Waals surface area contributed by atoms with Crippen molar-refractivity contribution in [2.24, 2.45) is 0 Å². The predicted molar refractivity (Wildman–Crippen MR) is 471 cm³/mol. The average Bonchev–Trinajstić information content (AvgIpc) is 1.41. The number of hydrogen-bond donors (Lipinski definition) is 0. The molecule has 0 saturated heterocycles. The summed E-state index contributed by atoms with van der Waals surface area (Å²) >= 11 is 0. The first-order valence-electron chi connectivity index (χ1n) is 38.2. The van der Waals surface area contributed by atoms with Gasteiger partial charge in [-0.3, -0.25) is 0 Å². The summed E-state index contributed by atoms with van der Waals surface area (Å²) in [6, 6.07) is 160. The number of nitrogens with zero attached hydrogens (tertiary/aromatic N) is 2. The van der Waals surface area contributed by atoms with Crippen LogP contribution in [0.5, 0.6) is 0 Å². The van der Waals surface area contributed by atoms with E-state index in [9.17, 15) is 0 Å². The molecule has 0 bridgehead atoms.